The Labute approximate surface area is 509 Å². The molecule has 4 heterocycles. The molecule has 12 unspecified atom stereocenters. The number of aromatic amines is 1. The monoisotopic (exact) mass is 1210 g/mol. The molecule has 444 valence electrons. The van der Waals surface area contributed by atoms with Crippen LogP contribution in [-0.4, -0.2) is 97.2 Å². The van der Waals surface area contributed by atoms with Crippen LogP contribution in [0.4, 0.5) is 0 Å². The fourth-order valence-electron chi connectivity index (χ4n) is 17.0. The van der Waals surface area contributed by atoms with Gasteiger partial charge >= 0.3 is 0 Å². The van der Waals surface area contributed by atoms with Crippen LogP contribution >= 0.6 is 43.2 Å². The maximum atomic E-state index is 17.8. The predicted octanol–water partition coefficient (Wildman–Crippen LogP) is 13.4. The van der Waals surface area contributed by atoms with Crippen LogP contribution in [0.15, 0.2) is 97.3 Å². The van der Waals surface area contributed by atoms with Gasteiger partial charge in [-0.2, -0.15) is 0 Å². The summed E-state index contributed by atoms with van der Waals surface area (Å²) < 4.78 is 13.1. The Bertz CT molecular complexity index is 3430. The molecule has 8 N–H and O–H groups in total. The summed E-state index contributed by atoms with van der Waals surface area (Å²) in [5.41, 5.74) is 6.40. The number of benzene rings is 5. The Kier molecular flexibility index (Phi) is 16.7. The van der Waals surface area contributed by atoms with Crippen LogP contribution in [-0.2, 0) is 41.4 Å². The predicted molar refractivity (Wildman–Crippen MR) is 342 cm³/mol. The minimum Gasteiger partial charge on any atom is -0.507 e. The number of aliphatic hydroxyl groups is 3. The van der Waals surface area contributed by atoms with Crippen molar-refractivity contribution in [2.45, 2.75) is 144 Å². The normalized spacial score (nSPS) is 31.7. The van der Waals surface area contributed by atoms with Gasteiger partial charge in [0.25, 0.3) is 0 Å². The van der Waals surface area contributed by atoms with Crippen molar-refractivity contribution < 1.29 is 44.9 Å². The number of aromatic hydroxyl groups is 3. The molecule has 3 saturated carbocycles. The van der Waals surface area contributed by atoms with Gasteiger partial charge in [-0.3, -0.25) is 4.79 Å². The summed E-state index contributed by atoms with van der Waals surface area (Å²) >= 11 is 0. The minimum atomic E-state index is -1.74. The van der Waals surface area contributed by atoms with Crippen LogP contribution in [0.5, 0.6) is 28.7 Å². The fraction of sp³-hybridized carbons (Fsp3) is 0.493. The van der Waals surface area contributed by atoms with Gasteiger partial charge in [0.2, 0.25) is 0 Å². The van der Waals surface area contributed by atoms with Crippen LogP contribution in [0.1, 0.15) is 144 Å². The summed E-state index contributed by atoms with van der Waals surface area (Å²) in [5.74, 6) is -0.445. The number of aryl methyl sites for hydroxylation is 1. The first-order valence-electron chi connectivity index (χ1n) is 30.8. The van der Waals surface area contributed by atoms with Crippen molar-refractivity contribution in [1.29, 1.82) is 0 Å². The van der Waals surface area contributed by atoms with Gasteiger partial charge < -0.3 is 50.4 Å². The van der Waals surface area contributed by atoms with E-state index >= 15 is 4.79 Å². The lowest BCUT2D eigenvalue weighted by Gasteiger charge is -2.59. The van der Waals surface area contributed by atoms with Gasteiger partial charge in [-0.05, 0) is 175 Å². The third kappa shape index (κ3) is 9.98. The zero-order chi connectivity index (χ0) is 57.9. The van der Waals surface area contributed by atoms with Gasteiger partial charge in [-0.15, -0.1) is 0 Å². The van der Waals surface area contributed by atoms with E-state index in [9.17, 15) is 30.6 Å². The van der Waals surface area contributed by atoms with Crippen LogP contribution in [0.25, 0.3) is 16.8 Å². The van der Waals surface area contributed by atoms with E-state index in [2.05, 4.69) is 59.7 Å². The maximum absolute atomic E-state index is 17.8. The van der Waals surface area contributed by atoms with Gasteiger partial charge in [-0.1, -0.05) is 130 Å². The van der Waals surface area contributed by atoms with Crippen molar-refractivity contribution in [3.8, 4) is 28.7 Å². The Morgan fingerprint density at radius 3 is 2.48 bits per heavy atom. The van der Waals surface area contributed by atoms with Gasteiger partial charge in [0.1, 0.15) is 11.9 Å². The molecule has 4 aliphatic carbocycles. The van der Waals surface area contributed by atoms with Crippen LogP contribution in [0.2, 0.25) is 0 Å². The second-order valence-electron chi connectivity index (χ2n) is 25.3. The number of aliphatic hydroxyl groups excluding tert-OH is 3. The molecule has 0 radical (unpaired) electrons. The summed E-state index contributed by atoms with van der Waals surface area (Å²) in [7, 11) is 8.22. The molecule has 4 fully saturated rings. The molecule has 5 aromatic carbocycles. The number of phenols is 3. The highest BCUT2D eigenvalue weighted by Gasteiger charge is 2.63. The van der Waals surface area contributed by atoms with E-state index in [1.54, 1.807) is 68.5 Å². The number of fused-ring (bicyclic) bond motifs is 6. The first-order chi connectivity index (χ1) is 40.9. The summed E-state index contributed by atoms with van der Waals surface area (Å²) in [6.07, 6.45) is 17.7. The van der Waals surface area contributed by atoms with Crippen LogP contribution in [0, 0.1) is 29.1 Å². The number of phenolic OH excluding ortho intramolecular Hbond substituents is 3. The lowest BCUT2D eigenvalue weighted by Crippen LogP contribution is -2.63. The molecule has 0 amide bonds. The Balaban J connectivity index is 1.03. The van der Waals surface area contributed by atoms with Gasteiger partial charge in [0.15, 0.2) is 28.8 Å². The van der Waals surface area contributed by atoms with Crippen molar-refractivity contribution in [2.24, 2.45) is 29.1 Å². The van der Waals surface area contributed by atoms with E-state index < -0.39 is 46.8 Å². The molecule has 6 aromatic rings. The van der Waals surface area contributed by atoms with Crippen LogP contribution in [0.3, 0.4) is 0 Å². The molecule has 84 heavy (non-hydrogen) atoms. The zero-order valence-electron chi connectivity index (χ0n) is 48.2. The average Bonchev–Trinajstić information content (AvgIpc) is 0.795. The number of hydrogen-bond donors (Lipinski definition) is 8. The second-order valence-corrected chi connectivity index (χ2v) is 30.4. The Morgan fingerprint density at radius 1 is 0.821 bits per heavy atom. The van der Waals surface area contributed by atoms with Crippen LogP contribution < -0.4 is 14.8 Å². The molecule has 13 rings (SSSR count). The van der Waals surface area contributed by atoms with E-state index in [0.717, 1.165) is 144 Å². The van der Waals surface area contributed by atoms with Gasteiger partial charge in [0.05, 0.1) is 42.1 Å². The number of carbonyl (C=O) groups is 1. The largest absolute Gasteiger partial charge is 0.507 e. The first-order valence-corrected chi connectivity index (χ1v) is 35.7. The Morgan fingerprint density at radius 2 is 1.64 bits per heavy atom. The zero-order valence-corrected chi connectivity index (χ0v) is 51.5. The maximum Gasteiger partial charge on any atom is 0.164 e. The molecular weight excluding hydrogens is 1130 g/mol. The van der Waals surface area contributed by atoms with Crippen molar-refractivity contribution in [2.75, 3.05) is 37.5 Å². The summed E-state index contributed by atoms with van der Waals surface area (Å²) in [6, 6.07) is 25.7. The molecule has 1 aromatic heterocycles. The molecule has 12 atom stereocenters. The minimum absolute atomic E-state index is 0.00751. The number of ketones is 1. The van der Waals surface area contributed by atoms with E-state index in [4.69, 9.17) is 9.47 Å². The number of ether oxygens (including phenoxy) is 2. The highest BCUT2D eigenvalue weighted by molar-refractivity contribution is 8.77. The van der Waals surface area contributed by atoms with Gasteiger partial charge in [-0.25, -0.2) is 0 Å². The molecule has 2 bridgehead atoms. The van der Waals surface area contributed by atoms with E-state index in [0.29, 0.717) is 47.8 Å². The summed E-state index contributed by atoms with van der Waals surface area (Å²) in [6.45, 7) is 2.82. The van der Waals surface area contributed by atoms with Gasteiger partial charge in [0, 0.05) is 70.4 Å². The lowest BCUT2D eigenvalue weighted by molar-refractivity contribution is -0.150. The summed E-state index contributed by atoms with van der Waals surface area (Å²) in [4.78, 5) is 21.0. The number of rotatable bonds is 7. The highest BCUT2D eigenvalue weighted by Crippen LogP contribution is 2.63. The highest BCUT2D eigenvalue weighted by atomic mass is 33.1. The SMILES string of the molecule is CCc1ccc2cccc3c2c1Cc1c(ccc(O)c1OC)CC(Cc1cc[nH]c1)C(O)C1C(=O)C(c2cc(O)c4c(c2)C25CCCCC2(C=C4)CCCN5)(C2CSSCC4CCCCC4Oc4cc2ccc4O)C(O)CC1CSSC3CO. The third-order valence-electron chi connectivity index (χ3n) is 21.1. The lowest BCUT2D eigenvalue weighted by atomic mass is 9.50. The molecular formula is C69H80N2O9S4. The number of methoxy groups -OCH3 is 1. The number of H-pyrrole nitrogens is 1. The standard InChI is InChI=1S/C69H80N2O9S4/c1-3-41-14-15-42-11-8-12-50-60(36-72)84-83-38-47-31-61(76)69(54-39-82-81-37-45-10-4-5-13-58(45)80-59-30-44(54)17-18-55(59)73,48-32-53-49(57(75)33-48)20-25-67-22-6-7-24-68(53,67)71-26-9-23-67)66(78)63(47)64(77)46(28-40-21-27-70-35-40)29-43-16-19-56(74)65(79-2)52(43)34-51(41)62(42)50/h8,11-12,14-21,25,27,30,32-33,35,45-47,54,58,60-61,63-64,70-77H,3-7,9-10,13,22-24,26,28-29,31,34,36-39H2,1-2H3. The van der Waals surface area contributed by atoms with E-state index in [1.807, 2.05) is 42.7 Å². The van der Waals surface area contributed by atoms with Crippen molar-refractivity contribution in [3.05, 3.63) is 153 Å². The molecule has 11 nitrogen and oxygen atoms in total. The second kappa shape index (κ2) is 24.1. The molecule has 7 aliphatic rings. The number of nitrogens with one attached hydrogen (secondary N) is 2. The first kappa shape index (κ1) is 58.3. The molecule has 1 saturated heterocycles. The quantitative estimate of drug-likeness (QED) is 0.0706. The molecule has 15 heteroatoms. The molecule has 3 aliphatic heterocycles. The smallest absolute Gasteiger partial charge is 0.164 e. The Hall–Kier alpha value is -4.71. The fourth-order valence-corrected chi connectivity index (χ4v) is 22.7. The number of Topliss-reactive ketones (excluding diaryl/α,β-unsaturated/α-hetero) is 1. The topological polar surface area (TPSA) is 185 Å². The van der Waals surface area contributed by atoms with E-state index in [1.165, 1.54) is 0 Å². The summed E-state index contributed by atoms with van der Waals surface area (Å²) in [5, 5.41) is 81.6. The van der Waals surface area contributed by atoms with E-state index in [-0.39, 0.29) is 58.7 Å². The number of piperidine rings is 1. The number of carbonyl (C=O) groups excluding carboxylic acids is 1. The van der Waals surface area contributed by atoms with Crippen molar-refractivity contribution in [3.63, 3.8) is 0 Å². The average molecular weight is 1210 g/mol. The third-order valence-corrected chi connectivity index (χ3v) is 26.5. The van der Waals surface area contributed by atoms with Crippen molar-refractivity contribution >= 4 is 65.8 Å². The molecule has 0 spiro atoms. The number of hydrogen-bond acceptors (Lipinski definition) is 14. The van der Waals surface area contributed by atoms with Crippen molar-refractivity contribution in [1.82, 2.24) is 10.3 Å². The number of aromatic nitrogens is 1.